The van der Waals surface area contributed by atoms with Crippen LogP contribution >= 0.6 is 0 Å². The molecule has 1 amide bonds. The van der Waals surface area contributed by atoms with Crippen LogP contribution in [0.4, 0.5) is 0 Å². The van der Waals surface area contributed by atoms with Gasteiger partial charge in [0, 0.05) is 18.5 Å². The number of amides is 1. The number of carboxylic acid groups (broad SMARTS) is 1. The van der Waals surface area contributed by atoms with E-state index < -0.39 is 11.9 Å². The van der Waals surface area contributed by atoms with Crippen LogP contribution in [-0.4, -0.2) is 28.2 Å². The molecule has 1 atom stereocenters. The molecule has 7 heteroatoms. The number of hydrogen-bond acceptors (Lipinski definition) is 5. The molecule has 1 aromatic rings. The lowest BCUT2D eigenvalue weighted by Gasteiger charge is -2.09. The molecular weight excluding hydrogens is 214 g/mol. The van der Waals surface area contributed by atoms with Crippen molar-refractivity contribution in [3.05, 3.63) is 17.5 Å². The number of nitrogens with zero attached hydrogens (tertiary/aromatic N) is 1. The van der Waals surface area contributed by atoms with Crippen LogP contribution in [0.1, 0.15) is 29.6 Å². The van der Waals surface area contributed by atoms with E-state index in [-0.39, 0.29) is 18.2 Å². The Kier molecular flexibility index (Phi) is 4.01. The fourth-order valence-corrected chi connectivity index (χ4v) is 1.15. The van der Waals surface area contributed by atoms with E-state index in [4.69, 9.17) is 15.4 Å². The second-order valence-electron chi connectivity index (χ2n) is 3.44. The summed E-state index contributed by atoms with van der Waals surface area (Å²) in [5.74, 6) is -1.14. The Hall–Kier alpha value is -1.89. The van der Waals surface area contributed by atoms with Crippen LogP contribution in [-0.2, 0) is 11.3 Å². The van der Waals surface area contributed by atoms with Crippen molar-refractivity contribution in [3.8, 4) is 0 Å². The van der Waals surface area contributed by atoms with Gasteiger partial charge in [-0.05, 0) is 6.92 Å². The second kappa shape index (κ2) is 5.26. The molecular formula is C9H13N3O4. The van der Waals surface area contributed by atoms with E-state index in [9.17, 15) is 9.59 Å². The van der Waals surface area contributed by atoms with E-state index in [0.29, 0.717) is 12.3 Å². The standard InChI is InChI=1S/C9H13N3O4/c1-5(2-8(10)13)11-4-6-3-7(9(14)15)12-16-6/h3,5,11H,2,4H2,1H3,(H2,10,13)(H,14,15). The van der Waals surface area contributed by atoms with E-state index >= 15 is 0 Å². The molecule has 1 unspecified atom stereocenters. The first-order valence-corrected chi connectivity index (χ1v) is 4.69. The molecule has 0 fully saturated rings. The zero-order chi connectivity index (χ0) is 12.1. The van der Waals surface area contributed by atoms with Crippen molar-refractivity contribution in [3.63, 3.8) is 0 Å². The highest BCUT2D eigenvalue weighted by atomic mass is 16.5. The number of nitrogens with one attached hydrogen (secondary N) is 1. The highest BCUT2D eigenvalue weighted by Crippen LogP contribution is 2.03. The van der Waals surface area contributed by atoms with Crippen molar-refractivity contribution in [1.82, 2.24) is 10.5 Å². The molecule has 0 aliphatic rings. The van der Waals surface area contributed by atoms with E-state index in [2.05, 4.69) is 10.5 Å². The molecule has 1 heterocycles. The van der Waals surface area contributed by atoms with Crippen molar-refractivity contribution in [2.45, 2.75) is 25.9 Å². The molecule has 88 valence electrons. The van der Waals surface area contributed by atoms with Crippen molar-refractivity contribution < 1.29 is 19.2 Å². The molecule has 0 radical (unpaired) electrons. The summed E-state index contributed by atoms with van der Waals surface area (Å²) >= 11 is 0. The largest absolute Gasteiger partial charge is 0.476 e. The zero-order valence-electron chi connectivity index (χ0n) is 8.77. The molecule has 0 aliphatic carbocycles. The van der Waals surface area contributed by atoms with Crippen molar-refractivity contribution in [1.29, 1.82) is 0 Å². The minimum absolute atomic E-state index is 0.101. The minimum atomic E-state index is -1.14. The Morgan fingerprint density at radius 2 is 2.38 bits per heavy atom. The summed E-state index contributed by atoms with van der Waals surface area (Å²) in [4.78, 5) is 21.1. The average Bonchev–Trinajstić information content (AvgIpc) is 2.61. The van der Waals surface area contributed by atoms with Crippen LogP contribution in [0.15, 0.2) is 10.6 Å². The molecule has 0 saturated heterocycles. The van der Waals surface area contributed by atoms with Gasteiger partial charge in [0.2, 0.25) is 5.91 Å². The third kappa shape index (κ3) is 3.70. The molecule has 16 heavy (non-hydrogen) atoms. The van der Waals surface area contributed by atoms with Gasteiger partial charge in [-0.15, -0.1) is 0 Å². The zero-order valence-corrected chi connectivity index (χ0v) is 8.77. The number of carboxylic acids is 1. The van der Waals surface area contributed by atoms with Crippen molar-refractivity contribution >= 4 is 11.9 Å². The van der Waals surface area contributed by atoms with Gasteiger partial charge in [0.25, 0.3) is 0 Å². The fraction of sp³-hybridized carbons (Fsp3) is 0.444. The number of aromatic carboxylic acids is 1. The summed E-state index contributed by atoms with van der Waals surface area (Å²) in [6, 6.07) is 1.22. The van der Waals surface area contributed by atoms with Gasteiger partial charge in [0.05, 0.1) is 6.54 Å². The van der Waals surface area contributed by atoms with Gasteiger partial charge in [-0.2, -0.15) is 0 Å². The molecule has 0 spiro atoms. The molecule has 0 aromatic carbocycles. The third-order valence-corrected chi connectivity index (χ3v) is 1.91. The molecule has 0 saturated carbocycles. The summed E-state index contributed by atoms with van der Waals surface area (Å²) in [5.41, 5.74) is 4.87. The number of carbonyl (C=O) groups excluding carboxylic acids is 1. The van der Waals surface area contributed by atoms with Crippen LogP contribution in [0.25, 0.3) is 0 Å². The van der Waals surface area contributed by atoms with Crippen LogP contribution in [0, 0.1) is 0 Å². The predicted molar refractivity (Wildman–Crippen MR) is 53.6 cm³/mol. The number of nitrogens with two attached hydrogens (primary N) is 1. The fourth-order valence-electron chi connectivity index (χ4n) is 1.15. The summed E-state index contributed by atoms with van der Waals surface area (Å²) in [6.45, 7) is 2.09. The van der Waals surface area contributed by atoms with Gasteiger partial charge in [-0.1, -0.05) is 5.16 Å². The van der Waals surface area contributed by atoms with Crippen molar-refractivity contribution in [2.24, 2.45) is 5.73 Å². The smallest absolute Gasteiger partial charge is 0.358 e. The van der Waals surface area contributed by atoms with Gasteiger partial charge < -0.3 is 20.7 Å². The van der Waals surface area contributed by atoms with E-state index in [1.807, 2.05) is 0 Å². The van der Waals surface area contributed by atoms with Crippen LogP contribution < -0.4 is 11.1 Å². The molecule has 0 aliphatic heterocycles. The van der Waals surface area contributed by atoms with Crippen molar-refractivity contribution in [2.75, 3.05) is 0 Å². The van der Waals surface area contributed by atoms with E-state index in [1.165, 1.54) is 6.07 Å². The number of carbonyl (C=O) groups is 2. The number of primary amides is 1. The maximum atomic E-state index is 10.6. The summed E-state index contributed by atoms with van der Waals surface area (Å²) in [6.07, 6.45) is 0.208. The Labute approximate surface area is 91.6 Å². The maximum Gasteiger partial charge on any atom is 0.358 e. The first-order valence-electron chi connectivity index (χ1n) is 4.69. The summed E-state index contributed by atoms with van der Waals surface area (Å²) in [7, 11) is 0. The SMILES string of the molecule is CC(CC(N)=O)NCc1cc(C(=O)O)no1. The monoisotopic (exact) mass is 227 g/mol. The lowest BCUT2D eigenvalue weighted by molar-refractivity contribution is -0.118. The average molecular weight is 227 g/mol. The highest BCUT2D eigenvalue weighted by Gasteiger charge is 2.11. The van der Waals surface area contributed by atoms with Gasteiger partial charge in [-0.3, -0.25) is 4.79 Å². The predicted octanol–water partition coefficient (Wildman–Crippen LogP) is -0.274. The first kappa shape index (κ1) is 12.2. The Morgan fingerprint density at radius 3 is 2.88 bits per heavy atom. The molecule has 1 aromatic heterocycles. The quantitative estimate of drug-likeness (QED) is 0.615. The van der Waals surface area contributed by atoms with Crippen LogP contribution in [0.2, 0.25) is 0 Å². The molecule has 7 nitrogen and oxygen atoms in total. The molecule has 4 N–H and O–H groups in total. The van der Waals surface area contributed by atoms with Crippen LogP contribution in [0.3, 0.4) is 0 Å². The first-order chi connectivity index (χ1) is 7.49. The third-order valence-electron chi connectivity index (χ3n) is 1.91. The second-order valence-corrected chi connectivity index (χ2v) is 3.44. The Morgan fingerprint density at radius 1 is 1.69 bits per heavy atom. The summed E-state index contributed by atoms with van der Waals surface area (Å²) < 4.78 is 4.77. The lowest BCUT2D eigenvalue weighted by atomic mass is 10.2. The maximum absolute atomic E-state index is 10.6. The Balaban J connectivity index is 2.42. The molecule has 1 rings (SSSR count). The number of hydrogen-bond donors (Lipinski definition) is 3. The minimum Gasteiger partial charge on any atom is -0.476 e. The highest BCUT2D eigenvalue weighted by molar-refractivity contribution is 5.85. The topological polar surface area (TPSA) is 118 Å². The van der Waals surface area contributed by atoms with Gasteiger partial charge in [-0.25, -0.2) is 4.79 Å². The lowest BCUT2D eigenvalue weighted by Crippen LogP contribution is -2.30. The van der Waals surface area contributed by atoms with Gasteiger partial charge >= 0.3 is 5.97 Å². The number of rotatable bonds is 6. The van der Waals surface area contributed by atoms with Crippen LogP contribution in [0.5, 0.6) is 0 Å². The van der Waals surface area contributed by atoms with E-state index in [1.54, 1.807) is 6.92 Å². The Bertz CT molecular complexity index is 388. The molecule has 0 bridgehead atoms. The van der Waals surface area contributed by atoms with E-state index in [0.717, 1.165) is 0 Å². The summed E-state index contributed by atoms with van der Waals surface area (Å²) in [5, 5.41) is 14.9. The van der Waals surface area contributed by atoms with Gasteiger partial charge in [0.1, 0.15) is 0 Å². The normalized spacial score (nSPS) is 12.3. The number of aromatic nitrogens is 1. The van der Waals surface area contributed by atoms with Gasteiger partial charge in [0.15, 0.2) is 11.5 Å².